The first-order valence-electron chi connectivity index (χ1n) is 3.23. The molecule has 0 aliphatic rings. The zero-order valence-corrected chi connectivity index (χ0v) is 8.60. The first-order chi connectivity index (χ1) is 3.91. The number of aliphatic hydroxyl groups is 1. The molecular formula is C6H16BrOP. The summed E-state index contributed by atoms with van der Waals surface area (Å²) in [7, 11) is 0.989. The van der Waals surface area contributed by atoms with Gasteiger partial charge in [-0.15, -0.1) is 25.6 Å². The number of hydrogen-bond donors (Lipinski definition) is 1. The third-order valence-corrected chi connectivity index (χ3v) is 2.28. The average Bonchev–Trinajstić information content (AvgIpc) is 1.81. The average molecular weight is 215 g/mol. The van der Waals surface area contributed by atoms with Crippen LogP contribution in [0.2, 0.25) is 0 Å². The molecule has 0 aliphatic heterocycles. The summed E-state index contributed by atoms with van der Waals surface area (Å²) in [5.41, 5.74) is 0. The summed E-state index contributed by atoms with van der Waals surface area (Å²) in [5, 5.41) is 8.37. The Balaban J connectivity index is 0. The van der Waals surface area contributed by atoms with E-state index in [1.165, 1.54) is 19.0 Å². The highest BCUT2D eigenvalue weighted by Gasteiger charge is 1.83. The standard InChI is InChI=1S/C6H15OP.BrH/c1-2-3-5-8-6-4-7;/h7-8H,2-6H2,1H3;1H. The van der Waals surface area contributed by atoms with E-state index in [4.69, 9.17) is 5.11 Å². The van der Waals surface area contributed by atoms with Crippen LogP contribution < -0.4 is 0 Å². The lowest BCUT2D eigenvalue weighted by Gasteiger charge is -1.94. The van der Waals surface area contributed by atoms with Crippen LogP contribution in [0, 0.1) is 0 Å². The van der Waals surface area contributed by atoms with Gasteiger partial charge in [0, 0.05) is 6.61 Å². The van der Waals surface area contributed by atoms with Crippen LogP contribution in [0.4, 0.5) is 0 Å². The van der Waals surface area contributed by atoms with Gasteiger partial charge in [0.2, 0.25) is 0 Å². The Morgan fingerprint density at radius 1 is 1.33 bits per heavy atom. The molecule has 1 nitrogen and oxygen atoms in total. The van der Waals surface area contributed by atoms with E-state index in [1.807, 2.05) is 0 Å². The minimum Gasteiger partial charge on any atom is -0.396 e. The molecule has 0 fully saturated rings. The van der Waals surface area contributed by atoms with E-state index in [0.717, 1.165) is 14.7 Å². The van der Waals surface area contributed by atoms with E-state index in [1.54, 1.807) is 0 Å². The number of unbranched alkanes of at least 4 members (excludes halogenated alkanes) is 1. The quantitative estimate of drug-likeness (QED) is 0.549. The fourth-order valence-electron chi connectivity index (χ4n) is 0.506. The van der Waals surface area contributed by atoms with Crippen molar-refractivity contribution in [1.29, 1.82) is 0 Å². The van der Waals surface area contributed by atoms with Gasteiger partial charge in [0.05, 0.1) is 0 Å². The van der Waals surface area contributed by atoms with Crippen molar-refractivity contribution in [1.82, 2.24) is 0 Å². The van der Waals surface area contributed by atoms with Gasteiger partial charge in [-0.1, -0.05) is 13.3 Å². The van der Waals surface area contributed by atoms with Crippen LogP contribution in [0.1, 0.15) is 19.8 Å². The predicted octanol–water partition coefficient (Wildman–Crippen LogP) is 2.04. The maximum Gasteiger partial charge on any atom is 0.0467 e. The van der Waals surface area contributed by atoms with Crippen LogP contribution in [-0.2, 0) is 0 Å². The molecule has 1 unspecified atom stereocenters. The Morgan fingerprint density at radius 3 is 2.44 bits per heavy atom. The summed E-state index contributed by atoms with van der Waals surface area (Å²) in [5.74, 6) is 0. The molecule has 1 N–H and O–H groups in total. The Kier molecular flexibility index (Phi) is 16.2. The molecule has 0 radical (unpaired) electrons. The Labute approximate surface area is 69.8 Å². The molecule has 0 bridgehead atoms. The topological polar surface area (TPSA) is 20.2 Å². The molecule has 0 rings (SSSR count). The van der Waals surface area contributed by atoms with Gasteiger partial charge in [-0.25, -0.2) is 0 Å². The second kappa shape index (κ2) is 11.6. The first kappa shape index (κ1) is 12.5. The van der Waals surface area contributed by atoms with E-state index in [9.17, 15) is 0 Å². The third-order valence-electron chi connectivity index (χ3n) is 0.996. The minimum absolute atomic E-state index is 0. The minimum atomic E-state index is 0. The summed E-state index contributed by atoms with van der Waals surface area (Å²) < 4.78 is 0. The van der Waals surface area contributed by atoms with Gasteiger partial charge in [-0.2, -0.15) is 0 Å². The molecule has 0 saturated carbocycles. The zero-order chi connectivity index (χ0) is 6.24. The Morgan fingerprint density at radius 2 is 2.00 bits per heavy atom. The smallest absolute Gasteiger partial charge is 0.0467 e. The molecule has 0 aromatic carbocycles. The SMILES string of the molecule is Br.CCCCPCCO. The summed E-state index contributed by atoms with van der Waals surface area (Å²) in [4.78, 5) is 0. The van der Waals surface area contributed by atoms with Gasteiger partial charge >= 0.3 is 0 Å². The van der Waals surface area contributed by atoms with Crippen LogP contribution >= 0.6 is 25.6 Å². The molecule has 1 atom stereocenters. The lowest BCUT2D eigenvalue weighted by molar-refractivity contribution is 0.322. The lowest BCUT2D eigenvalue weighted by Crippen LogP contribution is -1.84. The molecule has 0 amide bonds. The second-order valence-corrected chi connectivity index (χ2v) is 3.33. The fourth-order valence-corrected chi connectivity index (χ4v) is 1.52. The number of hydrogen-bond acceptors (Lipinski definition) is 1. The highest BCUT2D eigenvalue weighted by Crippen LogP contribution is 2.10. The fraction of sp³-hybridized carbons (Fsp3) is 1.00. The van der Waals surface area contributed by atoms with E-state index in [0.29, 0.717) is 6.61 Å². The second-order valence-electron chi connectivity index (χ2n) is 1.83. The number of halogens is 1. The molecule has 0 aromatic heterocycles. The van der Waals surface area contributed by atoms with Gasteiger partial charge < -0.3 is 5.11 Å². The van der Waals surface area contributed by atoms with Crippen molar-refractivity contribution < 1.29 is 5.11 Å². The van der Waals surface area contributed by atoms with E-state index < -0.39 is 0 Å². The highest BCUT2D eigenvalue weighted by atomic mass is 79.9. The highest BCUT2D eigenvalue weighted by molar-refractivity contribution is 8.93. The van der Waals surface area contributed by atoms with Crippen molar-refractivity contribution >= 4 is 25.6 Å². The summed E-state index contributed by atoms with van der Waals surface area (Å²) in [6.45, 7) is 2.57. The monoisotopic (exact) mass is 214 g/mol. The maximum atomic E-state index is 8.37. The van der Waals surface area contributed by atoms with Crippen molar-refractivity contribution in [2.75, 3.05) is 18.9 Å². The van der Waals surface area contributed by atoms with Crippen LogP contribution in [0.3, 0.4) is 0 Å². The molecule has 0 aliphatic carbocycles. The molecular weight excluding hydrogens is 199 g/mol. The maximum absolute atomic E-state index is 8.37. The molecule has 0 spiro atoms. The van der Waals surface area contributed by atoms with Crippen LogP contribution in [-0.4, -0.2) is 24.0 Å². The van der Waals surface area contributed by atoms with Crippen LogP contribution in [0.5, 0.6) is 0 Å². The van der Waals surface area contributed by atoms with E-state index >= 15 is 0 Å². The molecule has 58 valence electrons. The van der Waals surface area contributed by atoms with Crippen LogP contribution in [0.15, 0.2) is 0 Å². The number of rotatable bonds is 5. The molecule has 3 heteroatoms. The zero-order valence-electron chi connectivity index (χ0n) is 5.89. The first-order valence-corrected chi connectivity index (χ1v) is 4.64. The molecule has 0 aromatic rings. The van der Waals surface area contributed by atoms with Crippen LogP contribution in [0.25, 0.3) is 0 Å². The Bertz CT molecular complexity index is 38.0. The van der Waals surface area contributed by atoms with Gasteiger partial charge in [0.1, 0.15) is 0 Å². The van der Waals surface area contributed by atoms with Gasteiger partial charge in [-0.05, 0) is 18.7 Å². The van der Waals surface area contributed by atoms with Gasteiger partial charge in [0.15, 0.2) is 0 Å². The third kappa shape index (κ3) is 12.1. The van der Waals surface area contributed by atoms with Crippen molar-refractivity contribution in [2.45, 2.75) is 19.8 Å². The predicted molar refractivity (Wildman–Crippen MR) is 50.4 cm³/mol. The summed E-state index contributed by atoms with van der Waals surface area (Å²) in [6.07, 6.45) is 4.95. The largest absolute Gasteiger partial charge is 0.396 e. The van der Waals surface area contributed by atoms with Gasteiger partial charge in [0.25, 0.3) is 0 Å². The summed E-state index contributed by atoms with van der Waals surface area (Å²) in [6, 6.07) is 0. The number of aliphatic hydroxyl groups excluding tert-OH is 1. The van der Waals surface area contributed by atoms with Crippen molar-refractivity contribution in [3.8, 4) is 0 Å². The lowest BCUT2D eigenvalue weighted by atomic mass is 10.4. The Hall–Kier alpha value is 0.870. The van der Waals surface area contributed by atoms with E-state index in [-0.39, 0.29) is 17.0 Å². The molecule has 0 saturated heterocycles. The van der Waals surface area contributed by atoms with Crippen molar-refractivity contribution in [3.05, 3.63) is 0 Å². The summed E-state index contributed by atoms with van der Waals surface area (Å²) >= 11 is 0. The van der Waals surface area contributed by atoms with Crippen molar-refractivity contribution in [3.63, 3.8) is 0 Å². The molecule has 9 heavy (non-hydrogen) atoms. The van der Waals surface area contributed by atoms with Gasteiger partial charge in [-0.3, -0.25) is 0 Å². The van der Waals surface area contributed by atoms with Crippen molar-refractivity contribution in [2.24, 2.45) is 0 Å². The normalized spacial score (nSPS) is 10.0. The molecule has 0 heterocycles. The van der Waals surface area contributed by atoms with E-state index in [2.05, 4.69) is 6.92 Å².